The summed E-state index contributed by atoms with van der Waals surface area (Å²) in [5.41, 5.74) is 0.214. The number of anilines is 1. The van der Waals surface area contributed by atoms with Crippen molar-refractivity contribution in [3.63, 3.8) is 0 Å². The molecule has 4 fully saturated rings. The number of amides is 1. The Morgan fingerprint density at radius 1 is 1.09 bits per heavy atom. The average Bonchev–Trinajstić information content (AvgIpc) is 2.39. The smallest absolute Gasteiger partial charge is 0.225 e. The molecule has 4 aliphatic carbocycles. The monoisotopic (exact) mass is 305 g/mol. The molecule has 4 heteroatoms. The number of hydrogen-bond donors (Lipinski definition) is 1. The van der Waals surface area contributed by atoms with Gasteiger partial charge in [0.05, 0.1) is 5.69 Å². The number of rotatable bonds is 3. The zero-order chi connectivity index (χ0) is 15.3. The second-order valence-corrected chi connectivity index (χ2v) is 7.77. The molecule has 22 heavy (non-hydrogen) atoms. The Morgan fingerprint density at radius 2 is 1.68 bits per heavy atom. The minimum atomic E-state index is -0.709. The molecule has 4 bridgehead atoms. The van der Waals surface area contributed by atoms with E-state index in [-0.39, 0.29) is 17.0 Å². The Bertz CT molecular complexity index is 578. The third-order valence-electron chi connectivity index (χ3n) is 5.91. The Balaban J connectivity index is 1.46. The van der Waals surface area contributed by atoms with Gasteiger partial charge in [-0.2, -0.15) is 0 Å². The van der Waals surface area contributed by atoms with Crippen molar-refractivity contribution in [2.45, 2.75) is 44.9 Å². The average molecular weight is 305 g/mol. The van der Waals surface area contributed by atoms with Crippen molar-refractivity contribution in [2.24, 2.45) is 23.2 Å². The SMILES string of the molecule is O=C(CC12CC3CC(CC(C3)C1)C2)Nc1ccc(F)cc1F. The van der Waals surface area contributed by atoms with Crippen LogP contribution >= 0.6 is 0 Å². The zero-order valence-electron chi connectivity index (χ0n) is 12.6. The van der Waals surface area contributed by atoms with Gasteiger partial charge in [0.2, 0.25) is 5.91 Å². The summed E-state index contributed by atoms with van der Waals surface area (Å²) in [6.07, 6.45) is 7.96. The van der Waals surface area contributed by atoms with Crippen molar-refractivity contribution < 1.29 is 13.6 Å². The molecule has 0 radical (unpaired) electrons. The summed E-state index contributed by atoms with van der Waals surface area (Å²) in [4.78, 5) is 12.4. The predicted octanol–water partition coefficient (Wildman–Crippen LogP) is 4.51. The molecule has 5 rings (SSSR count). The number of carbonyl (C=O) groups excluding carboxylic acids is 1. The second-order valence-electron chi connectivity index (χ2n) is 7.77. The molecule has 4 saturated carbocycles. The Kier molecular flexibility index (Phi) is 3.24. The number of hydrogen-bond acceptors (Lipinski definition) is 1. The lowest BCUT2D eigenvalue weighted by Crippen LogP contribution is -2.47. The van der Waals surface area contributed by atoms with Crippen LogP contribution in [0.3, 0.4) is 0 Å². The molecular weight excluding hydrogens is 284 g/mol. The van der Waals surface area contributed by atoms with Crippen molar-refractivity contribution in [2.75, 3.05) is 5.32 Å². The summed E-state index contributed by atoms with van der Waals surface area (Å²) in [5, 5.41) is 2.63. The maximum Gasteiger partial charge on any atom is 0.225 e. The van der Waals surface area contributed by atoms with Gasteiger partial charge in [-0.05, 0) is 73.8 Å². The molecule has 0 aromatic heterocycles. The summed E-state index contributed by atoms with van der Waals surface area (Å²) in [6, 6.07) is 3.27. The normalized spacial score (nSPS) is 35.6. The fraction of sp³-hybridized carbons (Fsp3) is 0.611. The van der Waals surface area contributed by atoms with Gasteiger partial charge in [-0.3, -0.25) is 4.79 Å². The van der Waals surface area contributed by atoms with Crippen LogP contribution in [-0.2, 0) is 4.79 Å². The van der Waals surface area contributed by atoms with E-state index in [2.05, 4.69) is 5.32 Å². The van der Waals surface area contributed by atoms with E-state index in [1.807, 2.05) is 0 Å². The molecule has 1 aromatic rings. The van der Waals surface area contributed by atoms with Crippen LogP contribution in [0.25, 0.3) is 0 Å². The second kappa shape index (κ2) is 5.04. The Labute approximate surface area is 129 Å². The van der Waals surface area contributed by atoms with Crippen LogP contribution in [-0.4, -0.2) is 5.91 Å². The molecule has 0 saturated heterocycles. The van der Waals surface area contributed by atoms with Gasteiger partial charge in [0, 0.05) is 12.5 Å². The summed E-state index contributed by atoms with van der Waals surface area (Å²) in [6.45, 7) is 0. The standard InChI is InChI=1S/C18H21F2NO/c19-14-1-2-16(15(20)6-14)21-17(22)10-18-7-11-3-12(8-18)5-13(4-11)9-18/h1-2,6,11-13H,3-5,7-10H2,(H,21,22). The van der Waals surface area contributed by atoms with Crippen molar-refractivity contribution >= 4 is 11.6 Å². The largest absolute Gasteiger partial charge is 0.324 e. The maximum atomic E-state index is 13.7. The van der Waals surface area contributed by atoms with Crippen LogP contribution < -0.4 is 5.32 Å². The van der Waals surface area contributed by atoms with E-state index in [1.54, 1.807) is 0 Å². The summed E-state index contributed by atoms with van der Waals surface area (Å²) in [5.74, 6) is 0.910. The summed E-state index contributed by atoms with van der Waals surface area (Å²) < 4.78 is 26.6. The predicted molar refractivity (Wildman–Crippen MR) is 80.2 cm³/mol. The third-order valence-corrected chi connectivity index (χ3v) is 5.91. The molecule has 1 N–H and O–H groups in total. The maximum absolute atomic E-state index is 13.7. The molecule has 4 aliphatic rings. The summed E-state index contributed by atoms with van der Waals surface area (Å²) >= 11 is 0. The molecule has 0 spiro atoms. The van der Waals surface area contributed by atoms with Crippen LogP contribution in [0.4, 0.5) is 14.5 Å². The van der Waals surface area contributed by atoms with E-state index >= 15 is 0 Å². The van der Waals surface area contributed by atoms with Crippen LogP contribution in [0.1, 0.15) is 44.9 Å². The molecule has 0 heterocycles. The molecule has 0 atom stereocenters. The first kappa shape index (κ1) is 14.2. The van der Waals surface area contributed by atoms with Gasteiger partial charge in [0.1, 0.15) is 11.6 Å². The highest BCUT2D eigenvalue weighted by Gasteiger charge is 2.51. The Morgan fingerprint density at radius 3 is 2.23 bits per heavy atom. The quantitative estimate of drug-likeness (QED) is 0.874. The lowest BCUT2D eigenvalue weighted by molar-refractivity contribution is -0.124. The van der Waals surface area contributed by atoms with Crippen molar-refractivity contribution in [1.82, 2.24) is 0 Å². The molecule has 0 aliphatic heterocycles. The molecule has 1 amide bonds. The van der Waals surface area contributed by atoms with Gasteiger partial charge in [-0.25, -0.2) is 8.78 Å². The highest BCUT2D eigenvalue weighted by atomic mass is 19.1. The first-order valence-corrected chi connectivity index (χ1v) is 8.26. The van der Waals surface area contributed by atoms with E-state index in [0.717, 1.165) is 43.1 Å². The summed E-state index contributed by atoms with van der Waals surface area (Å²) in [7, 11) is 0. The van der Waals surface area contributed by atoms with Crippen molar-refractivity contribution in [3.8, 4) is 0 Å². The number of nitrogens with one attached hydrogen (secondary N) is 1. The minimum Gasteiger partial charge on any atom is -0.324 e. The fourth-order valence-corrected chi connectivity index (χ4v) is 5.63. The van der Waals surface area contributed by atoms with Crippen molar-refractivity contribution in [1.29, 1.82) is 0 Å². The highest BCUT2D eigenvalue weighted by Crippen LogP contribution is 2.61. The van der Waals surface area contributed by atoms with Gasteiger partial charge in [0.25, 0.3) is 0 Å². The minimum absolute atomic E-state index is 0.0797. The van der Waals surface area contributed by atoms with Crippen LogP contribution in [0, 0.1) is 34.8 Å². The van der Waals surface area contributed by atoms with Crippen LogP contribution in [0.2, 0.25) is 0 Å². The molecule has 118 valence electrons. The van der Waals surface area contributed by atoms with Gasteiger partial charge >= 0.3 is 0 Å². The Hall–Kier alpha value is -1.45. The number of halogens is 2. The highest BCUT2D eigenvalue weighted by molar-refractivity contribution is 5.91. The van der Waals surface area contributed by atoms with Gasteiger partial charge in [-0.15, -0.1) is 0 Å². The van der Waals surface area contributed by atoms with Gasteiger partial charge in [-0.1, -0.05) is 0 Å². The topological polar surface area (TPSA) is 29.1 Å². The van der Waals surface area contributed by atoms with Crippen LogP contribution in [0.5, 0.6) is 0 Å². The van der Waals surface area contributed by atoms with Gasteiger partial charge in [0.15, 0.2) is 0 Å². The first-order chi connectivity index (χ1) is 10.5. The fourth-order valence-electron chi connectivity index (χ4n) is 5.63. The number of carbonyl (C=O) groups is 1. The molecular formula is C18H21F2NO. The van der Waals surface area contributed by atoms with E-state index in [1.165, 1.54) is 31.4 Å². The van der Waals surface area contributed by atoms with E-state index in [4.69, 9.17) is 0 Å². The molecule has 0 unspecified atom stereocenters. The third kappa shape index (κ3) is 2.53. The lowest BCUT2D eigenvalue weighted by atomic mass is 9.49. The first-order valence-electron chi connectivity index (χ1n) is 8.26. The number of benzene rings is 1. The van der Waals surface area contributed by atoms with E-state index in [0.29, 0.717) is 6.42 Å². The van der Waals surface area contributed by atoms with Crippen molar-refractivity contribution in [3.05, 3.63) is 29.8 Å². The zero-order valence-corrected chi connectivity index (χ0v) is 12.6. The van der Waals surface area contributed by atoms with Gasteiger partial charge < -0.3 is 5.32 Å². The molecule has 1 aromatic carbocycles. The molecule has 2 nitrogen and oxygen atoms in total. The van der Waals surface area contributed by atoms with Crippen LogP contribution in [0.15, 0.2) is 18.2 Å². The van der Waals surface area contributed by atoms with E-state index < -0.39 is 11.6 Å². The van der Waals surface area contributed by atoms with E-state index in [9.17, 15) is 13.6 Å². The lowest BCUT2D eigenvalue weighted by Gasteiger charge is -2.56.